The number of nitrogens with zero attached hydrogens (tertiary/aromatic N) is 8. The number of hydrogen-bond acceptors (Lipinski definition) is 7. The van der Waals surface area contributed by atoms with E-state index in [1.807, 2.05) is 38.2 Å². The van der Waals surface area contributed by atoms with E-state index in [0.29, 0.717) is 31.2 Å². The van der Waals surface area contributed by atoms with Crippen molar-refractivity contribution in [2.24, 2.45) is 5.92 Å². The fourth-order valence-electron chi connectivity index (χ4n) is 4.12. The van der Waals surface area contributed by atoms with Crippen molar-refractivity contribution in [2.45, 2.75) is 25.8 Å². The lowest BCUT2D eigenvalue weighted by Crippen LogP contribution is -2.52. The van der Waals surface area contributed by atoms with Crippen LogP contribution < -0.4 is 4.90 Å². The van der Waals surface area contributed by atoms with Crippen LogP contribution in [0.15, 0.2) is 18.6 Å². The molecular formula is C22H32N8O2. The van der Waals surface area contributed by atoms with E-state index < -0.39 is 0 Å². The van der Waals surface area contributed by atoms with Gasteiger partial charge in [-0.3, -0.25) is 9.36 Å². The molecule has 1 fully saturated rings. The van der Waals surface area contributed by atoms with E-state index in [1.165, 1.54) is 6.33 Å². The topological polar surface area (TPSA) is 102 Å². The summed E-state index contributed by atoms with van der Waals surface area (Å²) in [6.45, 7) is 4.74. The third-order valence-corrected chi connectivity index (χ3v) is 6.21. The number of aromatic nitrogens is 3. The van der Waals surface area contributed by atoms with E-state index in [0.717, 1.165) is 24.2 Å². The Bertz CT molecular complexity index is 1010. The van der Waals surface area contributed by atoms with Crippen molar-refractivity contribution >= 4 is 28.8 Å². The molecule has 2 unspecified atom stereocenters. The van der Waals surface area contributed by atoms with Gasteiger partial charge in [-0.25, -0.2) is 14.8 Å². The van der Waals surface area contributed by atoms with Crippen LogP contribution in [0, 0.1) is 17.2 Å². The third kappa shape index (κ3) is 4.83. The standard InChI is InChI=1S/C22H32N8O2/c1-16-7-10-29(19(31)6-9-23)14-18(16)28(5)20-17-8-11-30(21(17)25-15-24-20)22(32)27(4)13-12-26(2)3/h8,11,15-16,18H,6-7,10,12-14H2,1-5H3. The number of nitriles is 1. The van der Waals surface area contributed by atoms with Gasteiger partial charge >= 0.3 is 6.03 Å². The van der Waals surface area contributed by atoms with Gasteiger partial charge < -0.3 is 19.6 Å². The summed E-state index contributed by atoms with van der Waals surface area (Å²) < 4.78 is 1.55. The molecule has 1 aliphatic rings. The SMILES string of the molecule is CC1CCN(C(=O)CC#N)CC1N(C)c1ncnc2c1ccn2C(=O)N(C)CCN(C)C. The van der Waals surface area contributed by atoms with Crippen LogP contribution in [0.5, 0.6) is 0 Å². The average molecular weight is 441 g/mol. The maximum atomic E-state index is 13.0. The van der Waals surface area contributed by atoms with Gasteiger partial charge in [0.25, 0.3) is 0 Å². The van der Waals surface area contributed by atoms with E-state index in [1.54, 1.807) is 27.6 Å². The van der Waals surface area contributed by atoms with Gasteiger partial charge in [0.1, 0.15) is 18.6 Å². The zero-order valence-electron chi connectivity index (χ0n) is 19.5. The summed E-state index contributed by atoms with van der Waals surface area (Å²) in [6.07, 6.45) is 3.97. The quantitative estimate of drug-likeness (QED) is 0.670. The molecule has 0 aliphatic carbocycles. The third-order valence-electron chi connectivity index (χ3n) is 6.21. The molecule has 3 rings (SSSR count). The average Bonchev–Trinajstić information content (AvgIpc) is 3.21. The first-order valence-corrected chi connectivity index (χ1v) is 10.8. The van der Waals surface area contributed by atoms with Crippen molar-refractivity contribution in [3.63, 3.8) is 0 Å². The minimum atomic E-state index is -0.145. The Labute approximate surface area is 189 Å². The van der Waals surface area contributed by atoms with Gasteiger partial charge in [-0.1, -0.05) is 6.92 Å². The molecule has 1 aliphatic heterocycles. The van der Waals surface area contributed by atoms with Gasteiger partial charge in [0, 0.05) is 46.5 Å². The van der Waals surface area contributed by atoms with Crippen LogP contribution in [0.3, 0.4) is 0 Å². The molecule has 32 heavy (non-hydrogen) atoms. The van der Waals surface area contributed by atoms with Gasteiger partial charge in [0.15, 0.2) is 5.65 Å². The van der Waals surface area contributed by atoms with Crippen LogP contribution >= 0.6 is 0 Å². The number of fused-ring (bicyclic) bond motifs is 1. The van der Waals surface area contributed by atoms with E-state index in [2.05, 4.69) is 21.8 Å². The minimum Gasteiger partial charge on any atom is -0.354 e. The molecule has 0 N–H and O–H groups in total. The van der Waals surface area contributed by atoms with E-state index in [4.69, 9.17) is 5.26 Å². The Hall–Kier alpha value is -3.19. The highest BCUT2D eigenvalue weighted by molar-refractivity contribution is 5.94. The molecule has 3 heterocycles. The number of anilines is 1. The van der Waals surface area contributed by atoms with Gasteiger partial charge in [-0.15, -0.1) is 0 Å². The summed E-state index contributed by atoms with van der Waals surface area (Å²) in [4.78, 5) is 41.7. The van der Waals surface area contributed by atoms with Crippen LogP contribution in [0.1, 0.15) is 19.8 Å². The first-order chi connectivity index (χ1) is 15.2. The Morgan fingerprint density at radius 2 is 1.97 bits per heavy atom. The monoisotopic (exact) mass is 440 g/mol. The summed E-state index contributed by atoms with van der Waals surface area (Å²) in [7, 11) is 7.69. The second-order valence-electron chi connectivity index (χ2n) is 8.75. The van der Waals surface area contributed by atoms with Crippen LogP contribution in [0.2, 0.25) is 0 Å². The normalized spacial score (nSPS) is 18.6. The molecule has 0 spiro atoms. The summed E-state index contributed by atoms with van der Waals surface area (Å²) in [5.41, 5.74) is 0.560. The Morgan fingerprint density at radius 3 is 2.66 bits per heavy atom. The Morgan fingerprint density at radius 1 is 1.22 bits per heavy atom. The minimum absolute atomic E-state index is 0.0475. The summed E-state index contributed by atoms with van der Waals surface area (Å²) in [5, 5.41) is 9.67. The van der Waals surface area contributed by atoms with Gasteiger partial charge in [-0.2, -0.15) is 5.26 Å². The molecular weight excluding hydrogens is 408 g/mol. The lowest BCUT2D eigenvalue weighted by Gasteiger charge is -2.42. The molecule has 2 atom stereocenters. The number of carbonyl (C=O) groups is 2. The van der Waals surface area contributed by atoms with Crippen molar-refractivity contribution in [1.29, 1.82) is 5.26 Å². The predicted molar refractivity (Wildman–Crippen MR) is 122 cm³/mol. The highest BCUT2D eigenvalue weighted by Crippen LogP contribution is 2.29. The second kappa shape index (κ2) is 9.96. The molecule has 2 amide bonds. The lowest BCUT2D eigenvalue weighted by molar-refractivity contribution is -0.131. The summed E-state index contributed by atoms with van der Waals surface area (Å²) >= 11 is 0. The number of likely N-dealkylation sites (tertiary alicyclic amines) is 1. The smallest absolute Gasteiger partial charge is 0.329 e. The Kier molecular flexibility index (Phi) is 7.30. The van der Waals surface area contributed by atoms with E-state index in [9.17, 15) is 9.59 Å². The fourth-order valence-corrected chi connectivity index (χ4v) is 4.12. The Balaban J connectivity index is 1.85. The van der Waals surface area contributed by atoms with Crippen LogP contribution in [0.25, 0.3) is 11.0 Å². The molecule has 1 saturated heterocycles. The molecule has 2 aromatic heterocycles. The molecule has 0 radical (unpaired) electrons. The van der Waals surface area contributed by atoms with Gasteiger partial charge in [0.2, 0.25) is 5.91 Å². The van der Waals surface area contributed by atoms with Crippen LogP contribution in [-0.2, 0) is 4.79 Å². The van der Waals surface area contributed by atoms with Gasteiger partial charge in [-0.05, 0) is 32.5 Å². The summed E-state index contributed by atoms with van der Waals surface area (Å²) in [5.74, 6) is 0.934. The molecule has 10 heteroatoms. The van der Waals surface area contributed by atoms with Crippen LogP contribution in [0.4, 0.5) is 10.6 Å². The molecule has 2 aromatic rings. The van der Waals surface area contributed by atoms with Crippen molar-refractivity contribution in [2.75, 3.05) is 59.3 Å². The van der Waals surface area contributed by atoms with Crippen molar-refractivity contribution in [3.05, 3.63) is 18.6 Å². The molecule has 0 aromatic carbocycles. The predicted octanol–water partition coefficient (Wildman–Crippen LogP) is 1.48. The summed E-state index contributed by atoms with van der Waals surface area (Å²) in [6, 6.07) is 3.72. The fraction of sp³-hybridized carbons (Fsp3) is 0.591. The maximum absolute atomic E-state index is 13.0. The van der Waals surface area contributed by atoms with Crippen molar-refractivity contribution in [3.8, 4) is 6.07 Å². The molecule has 0 saturated carbocycles. The zero-order valence-corrected chi connectivity index (χ0v) is 19.5. The highest BCUT2D eigenvalue weighted by Gasteiger charge is 2.33. The molecule has 172 valence electrons. The largest absolute Gasteiger partial charge is 0.354 e. The number of amides is 2. The number of carbonyl (C=O) groups excluding carboxylic acids is 2. The number of rotatable bonds is 6. The number of hydrogen-bond donors (Lipinski definition) is 0. The zero-order chi connectivity index (χ0) is 23.4. The first kappa shape index (κ1) is 23.5. The maximum Gasteiger partial charge on any atom is 0.329 e. The number of piperidine rings is 1. The lowest BCUT2D eigenvalue weighted by atomic mass is 9.92. The molecule has 0 bridgehead atoms. The second-order valence-corrected chi connectivity index (χ2v) is 8.75. The van der Waals surface area contributed by atoms with E-state index in [-0.39, 0.29) is 24.4 Å². The number of likely N-dealkylation sites (N-methyl/N-ethyl adjacent to an activating group) is 3. The van der Waals surface area contributed by atoms with Crippen molar-refractivity contribution < 1.29 is 9.59 Å². The first-order valence-electron chi connectivity index (χ1n) is 10.8. The van der Waals surface area contributed by atoms with Gasteiger partial charge in [0.05, 0.1) is 17.5 Å². The highest BCUT2D eigenvalue weighted by atomic mass is 16.2. The van der Waals surface area contributed by atoms with Crippen molar-refractivity contribution in [1.82, 2.24) is 29.2 Å². The van der Waals surface area contributed by atoms with E-state index >= 15 is 0 Å². The molecule has 10 nitrogen and oxygen atoms in total. The van der Waals surface area contributed by atoms with Crippen LogP contribution in [-0.4, -0.2) is 102 Å².